The molecular weight excluding hydrogens is 264 g/mol. The van der Waals surface area contributed by atoms with E-state index in [1.165, 1.54) is 10.5 Å². The molecule has 2 aromatic rings. The van der Waals surface area contributed by atoms with Gasteiger partial charge in [0.2, 0.25) is 11.8 Å². The van der Waals surface area contributed by atoms with Crippen LogP contribution in [0.4, 0.5) is 5.82 Å². The minimum Gasteiger partial charge on any atom is -0.274 e. The molecule has 106 valence electrons. The molecule has 1 unspecified atom stereocenters. The number of amides is 2. The number of carbonyl (C=O) groups is 2. The van der Waals surface area contributed by atoms with E-state index in [4.69, 9.17) is 0 Å². The van der Waals surface area contributed by atoms with Crippen molar-refractivity contribution in [2.75, 3.05) is 4.90 Å². The van der Waals surface area contributed by atoms with Crippen LogP contribution in [0.5, 0.6) is 0 Å². The first-order chi connectivity index (χ1) is 10.1. The first-order valence-corrected chi connectivity index (χ1v) is 6.98. The van der Waals surface area contributed by atoms with Crippen molar-refractivity contribution in [3.63, 3.8) is 0 Å². The summed E-state index contributed by atoms with van der Waals surface area (Å²) in [6, 6.07) is 13.3. The van der Waals surface area contributed by atoms with Crippen LogP contribution in [0, 0.1) is 12.8 Å². The SMILES string of the molecule is Cc1ccc(CC2CC(=O)N(c3ccccn3)C2=O)cc1. The average molecular weight is 280 g/mol. The zero-order chi connectivity index (χ0) is 14.8. The van der Waals surface area contributed by atoms with Gasteiger partial charge >= 0.3 is 0 Å². The Morgan fingerprint density at radius 1 is 1.14 bits per heavy atom. The topological polar surface area (TPSA) is 50.3 Å². The Morgan fingerprint density at radius 3 is 2.57 bits per heavy atom. The molecule has 0 N–H and O–H groups in total. The van der Waals surface area contributed by atoms with Crippen molar-refractivity contribution >= 4 is 17.6 Å². The fraction of sp³-hybridized carbons (Fsp3) is 0.235. The summed E-state index contributed by atoms with van der Waals surface area (Å²) in [6.45, 7) is 2.02. The van der Waals surface area contributed by atoms with Gasteiger partial charge in [-0.2, -0.15) is 0 Å². The molecule has 0 radical (unpaired) electrons. The molecule has 1 atom stereocenters. The summed E-state index contributed by atoms with van der Waals surface area (Å²) >= 11 is 0. The summed E-state index contributed by atoms with van der Waals surface area (Å²) in [5.41, 5.74) is 2.26. The van der Waals surface area contributed by atoms with E-state index in [-0.39, 0.29) is 24.2 Å². The van der Waals surface area contributed by atoms with Gasteiger partial charge in [-0.3, -0.25) is 9.59 Å². The van der Waals surface area contributed by atoms with Crippen LogP contribution < -0.4 is 4.90 Å². The highest BCUT2D eigenvalue weighted by molar-refractivity contribution is 6.20. The zero-order valence-electron chi connectivity index (χ0n) is 11.8. The summed E-state index contributed by atoms with van der Waals surface area (Å²) < 4.78 is 0. The van der Waals surface area contributed by atoms with Crippen molar-refractivity contribution in [3.8, 4) is 0 Å². The zero-order valence-corrected chi connectivity index (χ0v) is 11.8. The molecule has 4 nitrogen and oxygen atoms in total. The number of nitrogens with zero attached hydrogens (tertiary/aromatic N) is 2. The second-order valence-corrected chi connectivity index (χ2v) is 5.35. The highest BCUT2D eigenvalue weighted by atomic mass is 16.2. The molecule has 21 heavy (non-hydrogen) atoms. The van der Waals surface area contributed by atoms with Crippen LogP contribution in [0.25, 0.3) is 0 Å². The maximum atomic E-state index is 12.5. The minimum absolute atomic E-state index is 0.153. The van der Waals surface area contributed by atoms with Gasteiger partial charge in [0.05, 0.1) is 5.92 Å². The molecule has 1 aromatic carbocycles. The van der Waals surface area contributed by atoms with Crippen molar-refractivity contribution in [3.05, 3.63) is 59.8 Å². The van der Waals surface area contributed by atoms with E-state index in [1.807, 2.05) is 31.2 Å². The number of hydrogen-bond donors (Lipinski definition) is 0. The molecule has 1 aliphatic heterocycles. The van der Waals surface area contributed by atoms with Gasteiger partial charge in [0.1, 0.15) is 5.82 Å². The Hall–Kier alpha value is -2.49. The lowest BCUT2D eigenvalue weighted by atomic mass is 9.97. The van der Waals surface area contributed by atoms with Gasteiger partial charge < -0.3 is 0 Å². The molecule has 0 aliphatic carbocycles. The number of benzene rings is 1. The molecule has 4 heteroatoms. The lowest BCUT2D eigenvalue weighted by Gasteiger charge is -2.13. The van der Waals surface area contributed by atoms with E-state index in [1.54, 1.807) is 24.4 Å². The van der Waals surface area contributed by atoms with Crippen molar-refractivity contribution in [2.45, 2.75) is 19.8 Å². The van der Waals surface area contributed by atoms with Crippen LogP contribution in [0.1, 0.15) is 17.5 Å². The maximum absolute atomic E-state index is 12.5. The van der Waals surface area contributed by atoms with Crippen LogP contribution in [0.15, 0.2) is 48.7 Å². The smallest absolute Gasteiger partial charge is 0.238 e. The predicted octanol–water partition coefficient (Wildman–Crippen LogP) is 2.51. The van der Waals surface area contributed by atoms with E-state index < -0.39 is 0 Å². The van der Waals surface area contributed by atoms with Gasteiger partial charge in [0.15, 0.2) is 0 Å². The summed E-state index contributed by atoms with van der Waals surface area (Å²) in [4.78, 5) is 29.9. The second kappa shape index (κ2) is 5.48. The molecule has 1 fully saturated rings. The van der Waals surface area contributed by atoms with E-state index in [0.717, 1.165) is 5.56 Å². The van der Waals surface area contributed by atoms with Gasteiger partial charge in [-0.05, 0) is 31.0 Å². The second-order valence-electron chi connectivity index (χ2n) is 5.35. The Morgan fingerprint density at radius 2 is 1.90 bits per heavy atom. The van der Waals surface area contributed by atoms with E-state index >= 15 is 0 Å². The van der Waals surface area contributed by atoms with Crippen molar-refractivity contribution < 1.29 is 9.59 Å². The number of rotatable bonds is 3. The number of pyridine rings is 1. The van der Waals surface area contributed by atoms with Gasteiger partial charge in [0.25, 0.3) is 0 Å². The number of carbonyl (C=O) groups excluding carboxylic acids is 2. The summed E-state index contributed by atoms with van der Waals surface area (Å²) in [5, 5.41) is 0. The summed E-state index contributed by atoms with van der Waals surface area (Å²) in [6.07, 6.45) is 2.43. The molecule has 3 rings (SSSR count). The van der Waals surface area contributed by atoms with Crippen LogP contribution >= 0.6 is 0 Å². The van der Waals surface area contributed by atoms with Crippen molar-refractivity contribution in [2.24, 2.45) is 5.92 Å². The highest BCUT2D eigenvalue weighted by Crippen LogP contribution is 2.27. The van der Waals surface area contributed by atoms with Crippen LogP contribution in [-0.4, -0.2) is 16.8 Å². The fourth-order valence-corrected chi connectivity index (χ4v) is 2.59. The standard InChI is InChI=1S/C17H16N2O2/c1-12-5-7-13(8-6-12)10-14-11-16(20)19(17(14)21)15-4-2-3-9-18-15/h2-9,14H,10-11H2,1H3. The number of aryl methyl sites for hydroxylation is 1. The monoisotopic (exact) mass is 280 g/mol. The van der Waals surface area contributed by atoms with Crippen LogP contribution in [0.2, 0.25) is 0 Å². The molecular formula is C17H16N2O2. The molecule has 1 saturated heterocycles. The van der Waals surface area contributed by atoms with Crippen LogP contribution in [0.3, 0.4) is 0 Å². The summed E-state index contributed by atoms with van der Waals surface area (Å²) in [5.74, 6) is -0.198. The third-order valence-electron chi connectivity index (χ3n) is 3.72. The Labute approximate surface area is 123 Å². The van der Waals surface area contributed by atoms with Crippen molar-refractivity contribution in [1.82, 2.24) is 4.98 Å². The quantitative estimate of drug-likeness (QED) is 0.812. The van der Waals surface area contributed by atoms with Crippen molar-refractivity contribution in [1.29, 1.82) is 0 Å². The van der Waals surface area contributed by atoms with Gasteiger partial charge in [0, 0.05) is 12.6 Å². The Kier molecular flexibility index (Phi) is 3.52. The molecule has 1 aromatic heterocycles. The number of imide groups is 1. The fourth-order valence-electron chi connectivity index (χ4n) is 2.59. The van der Waals surface area contributed by atoms with Gasteiger partial charge in [-0.1, -0.05) is 35.9 Å². The number of anilines is 1. The minimum atomic E-state index is -0.290. The lowest BCUT2D eigenvalue weighted by molar-refractivity contribution is -0.122. The Bertz CT molecular complexity index is 665. The first kappa shape index (κ1) is 13.5. The average Bonchev–Trinajstić information content (AvgIpc) is 2.77. The lowest BCUT2D eigenvalue weighted by Crippen LogP contribution is -2.31. The third kappa shape index (κ3) is 2.70. The van der Waals surface area contributed by atoms with Gasteiger partial charge in [-0.15, -0.1) is 0 Å². The molecule has 0 bridgehead atoms. The van der Waals surface area contributed by atoms with Crippen LogP contribution in [-0.2, 0) is 16.0 Å². The predicted molar refractivity (Wildman–Crippen MR) is 79.7 cm³/mol. The maximum Gasteiger partial charge on any atom is 0.238 e. The Balaban J connectivity index is 1.79. The molecule has 2 heterocycles. The molecule has 2 amide bonds. The molecule has 1 aliphatic rings. The van der Waals surface area contributed by atoms with Gasteiger partial charge in [-0.25, -0.2) is 9.88 Å². The largest absolute Gasteiger partial charge is 0.274 e. The highest BCUT2D eigenvalue weighted by Gasteiger charge is 2.39. The first-order valence-electron chi connectivity index (χ1n) is 6.98. The normalized spacial score (nSPS) is 18.3. The van der Waals surface area contributed by atoms with E-state index in [0.29, 0.717) is 12.2 Å². The molecule has 0 spiro atoms. The summed E-state index contributed by atoms with van der Waals surface area (Å²) in [7, 11) is 0. The third-order valence-corrected chi connectivity index (χ3v) is 3.72. The van der Waals surface area contributed by atoms with E-state index in [2.05, 4.69) is 4.98 Å². The number of hydrogen-bond acceptors (Lipinski definition) is 3. The number of aromatic nitrogens is 1. The molecule has 0 saturated carbocycles. The van der Waals surface area contributed by atoms with E-state index in [9.17, 15) is 9.59 Å².